The highest BCUT2D eigenvalue weighted by atomic mass is 16.4. The Labute approximate surface area is 125 Å². The number of carbonyl (C=O) groups is 3. The number of likely N-dealkylation sites (N-methyl/N-ethyl adjacent to an activating group) is 1. The predicted molar refractivity (Wildman–Crippen MR) is 77.8 cm³/mol. The molecule has 3 amide bonds. The number of amides is 3. The molecule has 0 aromatic heterocycles. The molecule has 7 nitrogen and oxygen atoms in total. The van der Waals surface area contributed by atoms with Gasteiger partial charge in [0.25, 0.3) is 0 Å². The van der Waals surface area contributed by atoms with Crippen molar-refractivity contribution in [2.75, 3.05) is 20.1 Å². The number of carboxylic acid groups (broad SMARTS) is 1. The van der Waals surface area contributed by atoms with Crippen molar-refractivity contribution in [1.29, 1.82) is 0 Å². The second-order valence-corrected chi connectivity index (χ2v) is 6.31. The summed E-state index contributed by atoms with van der Waals surface area (Å²) in [6.07, 6.45) is 2.01. The van der Waals surface area contributed by atoms with Crippen LogP contribution in [-0.2, 0) is 9.59 Å². The molecule has 1 rings (SSSR count). The van der Waals surface area contributed by atoms with E-state index in [1.807, 2.05) is 13.8 Å². The van der Waals surface area contributed by atoms with E-state index in [2.05, 4.69) is 10.6 Å². The molecule has 0 saturated carbocycles. The maximum Gasteiger partial charge on any atom is 0.315 e. The third kappa shape index (κ3) is 6.01. The highest BCUT2D eigenvalue weighted by Gasteiger charge is 2.30. The number of likely N-dealkylation sites (tertiary alicyclic amines) is 1. The number of hydrogen-bond acceptors (Lipinski definition) is 3. The number of hydrogen-bond donors (Lipinski definition) is 3. The van der Waals surface area contributed by atoms with Gasteiger partial charge in [0.1, 0.15) is 6.04 Å². The maximum absolute atomic E-state index is 11.7. The average molecular weight is 299 g/mol. The van der Waals surface area contributed by atoms with Gasteiger partial charge in [-0.25, -0.2) is 4.79 Å². The Morgan fingerprint density at radius 2 is 2.05 bits per heavy atom. The number of carboxylic acids is 1. The number of carbonyl (C=O) groups excluding carboxylic acids is 2. The van der Waals surface area contributed by atoms with Crippen LogP contribution in [0.4, 0.5) is 4.79 Å². The van der Waals surface area contributed by atoms with Gasteiger partial charge < -0.3 is 20.6 Å². The van der Waals surface area contributed by atoms with Crippen molar-refractivity contribution in [3.63, 3.8) is 0 Å². The molecule has 0 aromatic carbocycles. The fourth-order valence-corrected chi connectivity index (χ4v) is 2.25. The van der Waals surface area contributed by atoms with Crippen LogP contribution >= 0.6 is 0 Å². The summed E-state index contributed by atoms with van der Waals surface area (Å²) >= 11 is 0. The van der Waals surface area contributed by atoms with Gasteiger partial charge >= 0.3 is 12.0 Å². The normalized spacial score (nSPS) is 18.7. The van der Waals surface area contributed by atoms with E-state index in [1.165, 1.54) is 0 Å². The van der Waals surface area contributed by atoms with E-state index in [4.69, 9.17) is 5.11 Å². The molecule has 1 aliphatic heterocycles. The summed E-state index contributed by atoms with van der Waals surface area (Å²) in [5.41, 5.74) is -0.144. The Kier molecular flexibility index (Phi) is 5.99. The van der Waals surface area contributed by atoms with Crippen LogP contribution in [0, 0.1) is 5.41 Å². The lowest BCUT2D eigenvalue weighted by Crippen LogP contribution is -2.46. The first-order valence-corrected chi connectivity index (χ1v) is 7.22. The van der Waals surface area contributed by atoms with Gasteiger partial charge in [0.15, 0.2) is 0 Å². The van der Waals surface area contributed by atoms with Crippen LogP contribution in [0.15, 0.2) is 0 Å². The van der Waals surface area contributed by atoms with Gasteiger partial charge in [-0.2, -0.15) is 0 Å². The third-order valence-electron chi connectivity index (χ3n) is 3.84. The van der Waals surface area contributed by atoms with E-state index in [1.54, 1.807) is 11.9 Å². The second-order valence-electron chi connectivity index (χ2n) is 6.31. The monoisotopic (exact) mass is 299 g/mol. The van der Waals surface area contributed by atoms with Gasteiger partial charge in [0.05, 0.1) is 0 Å². The quantitative estimate of drug-likeness (QED) is 0.647. The Morgan fingerprint density at radius 3 is 2.57 bits per heavy atom. The average Bonchev–Trinajstić information content (AvgIpc) is 2.68. The molecule has 1 aliphatic rings. The fraction of sp³-hybridized carbons (Fsp3) is 0.786. The summed E-state index contributed by atoms with van der Waals surface area (Å²) in [6.45, 7) is 5.07. The van der Waals surface area contributed by atoms with Crippen LogP contribution < -0.4 is 10.6 Å². The number of nitrogens with zero attached hydrogens (tertiary/aromatic N) is 1. The van der Waals surface area contributed by atoms with E-state index in [0.29, 0.717) is 32.4 Å². The minimum atomic E-state index is -0.808. The van der Waals surface area contributed by atoms with E-state index in [9.17, 15) is 14.4 Å². The zero-order valence-corrected chi connectivity index (χ0v) is 12.9. The summed E-state index contributed by atoms with van der Waals surface area (Å²) in [4.78, 5) is 35.5. The van der Waals surface area contributed by atoms with Crippen molar-refractivity contribution in [3.05, 3.63) is 0 Å². The Hall–Kier alpha value is -1.79. The first-order chi connectivity index (χ1) is 9.71. The SMILES string of the molecule is CN1CCC(NC(=O)NCCC(C)(C)CCC(=O)O)C1=O. The van der Waals surface area contributed by atoms with Gasteiger partial charge in [0, 0.05) is 26.6 Å². The van der Waals surface area contributed by atoms with Crippen LogP contribution in [0.1, 0.15) is 39.5 Å². The molecule has 7 heteroatoms. The van der Waals surface area contributed by atoms with E-state index in [0.717, 1.165) is 0 Å². The Morgan fingerprint density at radius 1 is 1.38 bits per heavy atom. The van der Waals surface area contributed by atoms with Gasteiger partial charge in [-0.15, -0.1) is 0 Å². The summed E-state index contributed by atoms with van der Waals surface area (Å²) in [7, 11) is 1.72. The van der Waals surface area contributed by atoms with Crippen molar-refractivity contribution in [2.24, 2.45) is 5.41 Å². The molecule has 3 N–H and O–H groups in total. The zero-order valence-electron chi connectivity index (χ0n) is 12.9. The molecule has 1 fully saturated rings. The molecule has 0 radical (unpaired) electrons. The molecule has 21 heavy (non-hydrogen) atoms. The van der Waals surface area contributed by atoms with Gasteiger partial charge in [-0.05, 0) is 24.7 Å². The van der Waals surface area contributed by atoms with E-state index >= 15 is 0 Å². The van der Waals surface area contributed by atoms with Crippen molar-refractivity contribution in [2.45, 2.75) is 45.6 Å². The molecule has 0 aromatic rings. The minimum Gasteiger partial charge on any atom is -0.481 e. The van der Waals surface area contributed by atoms with Gasteiger partial charge in [0.2, 0.25) is 5.91 Å². The lowest BCUT2D eigenvalue weighted by atomic mass is 9.84. The van der Waals surface area contributed by atoms with Crippen LogP contribution in [0.2, 0.25) is 0 Å². The lowest BCUT2D eigenvalue weighted by molar-refractivity contribution is -0.137. The van der Waals surface area contributed by atoms with E-state index < -0.39 is 12.0 Å². The van der Waals surface area contributed by atoms with Crippen LogP contribution in [-0.4, -0.2) is 54.1 Å². The topological polar surface area (TPSA) is 98.7 Å². The molecule has 1 atom stereocenters. The summed E-state index contributed by atoms with van der Waals surface area (Å²) in [5, 5.41) is 14.1. The summed E-state index contributed by atoms with van der Waals surface area (Å²) in [6, 6.07) is -0.785. The minimum absolute atomic E-state index is 0.0630. The highest BCUT2D eigenvalue weighted by molar-refractivity contribution is 5.88. The number of rotatable bonds is 7. The first kappa shape index (κ1) is 17.3. The standard InChI is InChI=1S/C14H25N3O4/c1-14(2,6-4-11(18)19)7-8-15-13(21)16-10-5-9-17(3)12(10)20/h10H,4-9H2,1-3H3,(H,18,19)(H2,15,16,21). The second kappa shape index (κ2) is 7.28. The molecular formula is C14H25N3O4. The molecule has 0 bridgehead atoms. The van der Waals surface area contributed by atoms with Gasteiger partial charge in [-0.1, -0.05) is 13.8 Å². The predicted octanol–water partition coefficient (Wildman–Crippen LogP) is 0.797. The van der Waals surface area contributed by atoms with Crippen molar-refractivity contribution in [1.82, 2.24) is 15.5 Å². The first-order valence-electron chi connectivity index (χ1n) is 7.22. The molecule has 120 valence electrons. The molecule has 0 spiro atoms. The fourth-order valence-electron chi connectivity index (χ4n) is 2.25. The van der Waals surface area contributed by atoms with Crippen molar-refractivity contribution >= 4 is 17.9 Å². The number of urea groups is 1. The number of nitrogens with one attached hydrogen (secondary N) is 2. The van der Waals surface area contributed by atoms with Crippen molar-refractivity contribution < 1.29 is 19.5 Å². The molecule has 0 aliphatic carbocycles. The largest absolute Gasteiger partial charge is 0.481 e. The highest BCUT2D eigenvalue weighted by Crippen LogP contribution is 2.25. The Balaban J connectivity index is 2.24. The summed E-state index contributed by atoms with van der Waals surface area (Å²) in [5.74, 6) is -0.871. The van der Waals surface area contributed by atoms with Crippen LogP contribution in [0.3, 0.4) is 0 Å². The Bertz CT molecular complexity index is 409. The van der Waals surface area contributed by atoms with Gasteiger partial charge in [-0.3, -0.25) is 9.59 Å². The molecule has 1 saturated heterocycles. The van der Waals surface area contributed by atoms with Crippen LogP contribution in [0.5, 0.6) is 0 Å². The zero-order chi connectivity index (χ0) is 16.0. The van der Waals surface area contributed by atoms with Crippen molar-refractivity contribution in [3.8, 4) is 0 Å². The van der Waals surface area contributed by atoms with E-state index in [-0.39, 0.29) is 23.8 Å². The van der Waals surface area contributed by atoms with Crippen LogP contribution in [0.25, 0.3) is 0 Å². The third-order valence-corrected chi connectivity index (χ3v) is 3.84. The number of aliphatic carboxylic acids is 1. The smallest absolute Gasteiger partial charge is 0.315 e. The lowest BCUT2D eigenvalue weighted by Gasteiger charge is -2.24. The molecule has 1 unspecified atom stereocenters. The molecular weight excluding hydrogens is 274 g/mol. The molecule has 1 heterocycles. The summed E-state index contributed by atoms with van der Waals surface area (Å²) < 4.78 is 0. The maximum atomic E-state index is 11.7.